The van der Waals surface area contributed by atoms with Crippen LogP contribution in [-0.2, 0) is 54.0 Å². The van der Waals surface area contributed by atoms with E-state index >= 15 is 0 Å². The number of hydrogen-bond donors (Lipinski definition) is 0. The van der Waals surface area contributed by atoms with E-state index in [0.717, 1.165) is 0 Å². The molecule has 0 aromatic heterocycles. The van der Waals surface area contributed by atoms with E-state index in [1.54, 1.807) is 146 Å². The Balaban J connectivity index is 1.17. The molecule has 0 unspecified atom stereocenters. The predicted molar refractivity (Wildman–Crippen MR) is 279 cm³/mol. The molecule has 0 radical (unpaired) electrons. The number of halogens is 1. The molecular formula is C61H51ClO16. The van der Waals surface area contributed by atoms with Gasteiger partial charge in [-0.3, -0.25) is 0 Å². The summed E-state index contributed by atoms with van der Waals surface area (Å²) in [5.74, 6) is -5.08. The fourth-order valence-corrected chi connectivity index (χ4v) is 8.94. The first-order chi connectivity index (χ1) is 38.1. The van der Waals surface area contributed by atoms with Gasteiger partial charge >= 0.3 is 35.8 Å². The molecule has 2 aliphatic rings. The van der Waals surface area contributed by atoms with Crippen LogP contribution in [0.1, 0.15) is 67.7 Å². The van der Waals surface area contributed by atoms with Gasteiger partial charge in [-0.15, -0.1) is 0 Å². The van der Waals surface area contributed by atoms with E-state index in [9.17, 15) is 28.8 Å². The highest BCUT2D eigenvalue weighted by atomic mass is 35.5. The van der Waals surface area contributed by atoms with Gasteiger partial charge in [0, 0.05) is 0 Å². The van der Waals surface area contributed by atoms with Gasteiger partial charge in [-0.25, -0.2) is 28.8 Å². The fraction of sp³-hybridized carbons (Fsp3) is 0.213. The van der Waals surface area contributed by atoms with Crippen LogP contribution >= 0.6 is 11.6 Å². The summed E-state index contributed by atoms with van der Waals surface area (Å²) in [6.07, 6.45) is -14.8. The molecule has 0 saturated carbocycles. The zero-order valence-corrected chi connectivity index (χ0v) is 42.3. The van der Waals surface area contributed by atoms with Gasteiger partial charge in [-0.1, -0.05) is 151 Å². The maximum Gasteiger partial charge on any atom is 0.338 e. The number of esters is 6. The Kier molecular flexibility index (Phi) is 18.4. The van der Waals surface area contributed by atoms with Crippen LogP contribution in [0, 0.1) is 0 Å². The van der Waals surface area contributed by atoms with Crippen LogP contribution in [0.15, 0.2) is 212 Å². The lowest BCUT2D eigenvalue weighted by Crippen LogP contribution is -2.66. The summed E-state index contributed by atoms with van der Waals surface area (Å²) in [5, 5.41) is 0. The second kappa shape index (κ2) is 26.5. The quantitative estimate of drug-likeness (QED) is 0.0422. The van der Waals surface area contributed by atoms with Crippen molar-refractivity contribution in [1.29, 1.82) is 0 Å². The summed E-state index contributed by atoms with van der Waals surface area (Å²) in [4.78, 5) is 84.4. The third kappa shape index (κ3) is 13.9. The van der Waals surface area contributed by atoms with Crippen LogP contribution < -0.4 is 0 Å². The number of carbonyl (C=O) groups excluding carboxylic acids is 6. The monoisotopic (exact) mass is 1070 g/mol. The summed E-state index contributed by atoms with van der Waals surface area (Å²) in [5.41, 5.74) is -0.193. The number of ether oxygens (including phenoxy) is 10. The Morgan fingerprint density at radius 1 is 0.346 bits per heavy atom. The van der Waals surface area contributed by atoms with Crippen molar-refractivity contribution in [2.45, 2.75) is 67.3 Å². The predicted octanol–water partition coefficient (Wildman–Crippen LogP) is 9.26. The maximum absolute atomic E-state index is 14.5. The van der Waals surface area contributed by atoms with Crippen molar-refractivity contribution in [3.8, 4) is 0 Å². The molecule has 0 amide bonds. The van der Waals surface area contributed by atoms with Gasteiger partial charge in [-0.05, 0) is 78.4 Å². The van der Waals surface area contributed by atoms with Gasteiger partial charge in [0.15, 0.2) is 36.3 Å². The molecule has 2 fully saturated rings. The van der Waals surface area contributed by atoms with Crippen LogP contribution in [0.3, 0.4) is 0 Å². The maximum atomic E-state index is 14.5. The third-order valence-electron chi connectivity index (χ3n) is 12.5. The van der Waals surface area contributed by atoms with Crippen molar-refractivity contribution in [3.63, 3.8) is 0 Å². The summed E-state index contributed by atoms with van der Waals surface area (Å²) in [7, 11) is 0. The molecule has 7 aromatic carbocycles. The van der Waals surface area contributed by atoms with Crippen molar-refractivity contribution in [2.75, 3.05) is 13.2 Å². The largest absolute Gasteiger partial charge is 0.459 e. The lowest BCUT2D eigenvalue weighted by molar-refractivity contribution is -0.340. The minimum absolute atomic E-state index is 0.0865. The Hall–Kier alpha value is -8.51. The van der Waals surface area contributed by atoms with E-state index in [1.165, 1.54) is 60.7 Å². The van der Waals surface area contributed by atoms with Crippen LogP contribution in [-0.4, -0.2) is 110 Å². The number of hydrogen-bond acceptors (Lipinski definition) is 16. The highest BCUT2D eigenvalue weighted by Crippen LogP contribution is 2.38. The Labute approximate surface area is 453 Å². The molecule has 78 heavy (non-hydrogen) atoms. The van der Waals surface area contributed by atoms with Crippen molar-refractivity contribution < 1.29 is 76.1 Å². The first-order valence-electron chi connectivity index (χ1n) is 24.8. The number of benzene rings is 7. The van der Waals surface area contributed by atoms with Gasteiger partial charge in [-0.2, -0.15) is 0 Å². The number of carbonyl (C=O) groups is 6. The molecule has 2 heterocycles. The van der Waals surface area contributed by atoms with E-state index in [-0.39, 0.29) is 40.0 Å². The van der Waals surface area contributed by atoms with E-state index in [4.69, 9.17) is 59.0 Å². The van der Waals surface area contributed by atoms with Gasteiger partial charge in [0.25, 0.3) is 0 Å². The van der Waals surface area contributed by atoms with Crippen molar-refractivity contribution in [3.05, 3.63) is 251 Å². The zero-order valence-electron chi connectivity index (χ0n) is 41.5. The van der Waals surface area contributed by atoms with E-state index < -0.39 is 110 Å². The van der Waals surface area contributed by atoms with Gasteiger partial charge in [0.05, 0.1) is 40.0 Å². The Morgan fingerprint density at radius 2 is 0.654 bits per heavy atom. The summed E-state index contributed by atoms with van der Waals surface area (Å²) in [6, 6.07) is 57.0. The van der Waals surface area contributed by atoms with Gasteiger partial charge in [0.1, 0.15) is 37.6 Å². The average Bonchev–Trinajstić information content (AvgIpc) is 3.56. The molecule has 0 N–H and O–H groups in total. The molecule has 10 atom stereocenters. The van der Waals surface area contributed by atoms with Crippen molar-refractivity contribution in [1.82, 2.24) is 0 Å². The number of alkyl halides is 1. The molecule has 0 aliphatic carbocycles. The fourth-order valence-electron chi connectivity index (χ4n) is 8.62. The van der Waals surface area contributed by atoms with Crippen LogP contribution in [0.4, 0.5) is 0 Å². The Morgan fingerprint density at radius 3 is 1.04 bits per heavy atom. The molecule has 2 aliphatic heterocycles. The molecule has 2 saturated heterocycles. The molecule has 17 heteroatoms. The van der Waals surface area contributed by atoms with E-state index in [2.05, 4.69) is 0 Å². The third-order valence-corrected chi connectivity index (χ3v) is 12.9. The van der Waals surface area contributed by atoms with E-state index in [0.29, 0.717) is 5.56 Å². The molecule has 0 bridgehead atoms. The molecule has 9 rings (SSSR count). The normalized spacial score (nSPS) is 22.6. The lowest BCUT2D eigenvalue weighted by atomic mass is 9.96. The molecule has 0 spiro atoms. The summed E-state index contributed by atoms with van der Waals surface area (Å²) >= 11 is 7.10. The topological polar surface area (TPSA) is 195 Å². The minimum Gasteiger partial charge on any atom is -0.459 e. The van der Waals surface area contributed by atoms with Gasteiger partial charge < -0.3 is 47.4 Å². The van der Waals surface area contributed by atoms with Crippen molar-refractivity contribution >= 4 is 47.4 Å². The van der Waals surface area contributed by atoms with Crippen LogP contribution in [0.2, 0.25) is 0 Å². The second-order valence-electron chi connectivity index (χ2n) is 17.8. The van der Waals surface area contributed by atoms with Gasteiger partial charge in [0.2, 0.25) is 0 Å². The Bertz CT molecular complexity index is 3080. The number of rotatable bonds is 19. The molecule has 398 valence electrons. The van der Waals surface area contributed by atoms with Crippen LogP contribution in [0.25, 0.3) is 0 Å². The lowest BCUT2D eigenvalue weighted by Gasteiger charge is -2.48. The standard InChI is InChI=1S/C61H51ClO16/c62-54-52(76-59(67)44-32-18-6-19-33-44)51(49(75-58(66)43-30-16-5-17-31-43)46(72-54)37-70-55(63)40-24-10-2-11-25-40)78-61-53(77-60(68)45-34-20-7-21-35-45)50(69-36-39-22-8-1-9-23-39)48(74-57(65)42-28-14-4-15-29-42)47(73-61)38-71-56(64)41-26-12-3-13-27-41/h1-35,46-54,61H,36-38H2/t46-,47-,48+,49+,50+,51+,52-,53-,54+,61+/m1/s1. The molecule has 7 aromatic rings. The first-order valence-corrected chi connectivity index (χ1v) is 25.3. The summed E-state index contributed by atoms with van der Waals surface area (Å²) in [6.45, 7) is -1.38. The smallest absolute Gasteiger partial charge is 0.338 e. The molecular weight excluding hydrogens is 1020 g/mol. The SMILES string of the molecule is O=C(OC[C@H]1O[C@H](Cl)[C@H](OC(=O)c2ccccc2)[C@@H](O[C@@H]2O[C@H](COC(=O)c3ccccc3)[C@H](OC(=O)c3ccccc3)[C@H](OCc3ccccc3)[C@H]2OC(=O)c2ccccc2)[C@H]1OC(=O)c1ccccc1)c1ccccc1. The first kappa shape index (κ1) is 54.3. The van der Waals surface area contributed by atoms with Crippen LogP contribution in [0.5, 0.6) is 0 Å². The average molecular weight is 1080 g/mol. The minimum atomic E-state index is -1.89. The summed E-state index contributed by atoms with van der Waals surface area (Å²) < 4.78 is 63.5. The molecule has 16 nitrogen and oxygen atoms in total. The van der Waals surface area contributed by atoms with Crippen molar-refractivity contribution in [2.24, 2.45) is 0 Å². The highest BCUT2D eigenvalue weighted by Gasteiger charge is 2.57. The highest BCUT2D eigenvalue weighted by molar-refractivity contribution is 6.20. The zero-order chi connectivity index (χ0) is 54.2. The second-order valence-corrected chi connectivity index (χ2v) is 18.2. The van der Waals surface area contributed by atoms with E-state index in [1.807, 2.05) is 6.07 Å².